The predicted octanol–water partition coefficient (Wildman–Crippen LogP) is 2.82. The molecule has 2 N–H and O–H groups in total. The Labute approximate surface area is 156 Å². The van der Waals surface area contributed by atoms with Gasteiger partial charge in [-0.2, -0.15) is 0 Å². The smallest absolute Gasteiger partial charge is 0.269 e. The summed E-state index contributed by atoms with van der Waals surface area (Å²) in [6.45, 7) is 1.53. The first-order chi connectivity index (χ1) is 12.9. The summed E-state index contributed by atoms with van der Waals surface area (Å²) in [4.78, 5) is 18.3. The summed E-state index contributed by atoms with van der Waals surface area (Å²) in [5, 5.41) is 0. The van der Waals surface area contributed by atoms with Gasteiger partial charge >= 0.3 is 0 Å². The Morgan fingerprint density at radius 1 is 1.04 bits per heavy atom. The van der Waals surface area contributed by atoms with Gasteiger partial charge in [0.1, 0.15) is 5.82 Å². The number of aryl methyl sites for hydroxylation is 1. The molecule has 0 fully saturated rings. The quantitative estimate of drug-likeness (QED) is 0.661. The van der Waals surface area contributed by atoms with E-state index in [1.54, 1.807) is 48.8 Å². The van der Waals surface area contributed by atoms with E-state index in [-0.39, 0.29) is 16.0 Å². The summed E-state index contributed by atoms with van der Waals surface area (Å²) in [7, 11) is -3.96. The molecule has 0 atom stereocenters. The molecule has 0 saturated carbocycles. The van der Waals surface area contributed by atoms with Crippen LogP contribution in [0.5, 0.6) is 0 Å². The zero-order valence-corrected chi connectivity index (χ0v) is 15.1. The van der Waals surface area contributed by atoms with Crippen molar-refractivity contribution in [2.75, 3.05) is 0 Å². The minimum absolute atomic E-state index is 0.0222. The SMILES string of the molecule is Cc1cc(-c2cccnc2)cc(C(=O)NNS(=O)(=O)c2ccccc2)c1F. The van der Waals surface area contributed by atoms with Crippen molar-refractivity contribution in [3.63, 3.8) is 0 Å². The molecule has 0 bridgehead atoms. The molecule has 1 heterocycles. The van der Waals surface area contributed by atoms with Crippen LogP contribution in [0.3, 0.4) is 0 Å². The van der Waals surface area contributed by atoms with Crippen LogP contribution < -0.4 is 10.3 Å². The Morgan fingerprint density at radius 3 is 2.44 bits per heavy atom. The number of halogens is 1. The number of amides is 1. The summed E-state index contributed by atoms with van der Waals surface area (Å²) in [5.74, 6) is -1.63. The summed E-state index contributed by atoms with van der Waals surface area (Å²) < 4.78 is 38.8. The number of hydrogen-bond donors (Lipinski definition) is 2. The first-order valence-corrected chi connectivity index (χ1v) is 9.44. The summed E-state index contributed by atoms with van der Waals surface area (Å²) in [6.07, 6.45) is 3.19. The molecule has 0 aliphatic heterocycles. The fourth-order valence-corrected chi connectivity index (χ4v) is 3.33. The van der Waals surface area contributed by atoms with Crippen molar-refractivity contribution in [1.29, 1.82) is 0 Å². The lowest BCUT2D eigenvalue weighted by Gasteiger charge is -2.12. The lowest BCUT2D eigenvalue weighted by Crippen LogP contribution is -2.41. The maximum atomic E-state index is 14.4. The van der Waals surface area contributed by atoms with E-state index in [4.69, 9.17) is 0 Å². The van der Waals surface area contributed by atoms with Gasteiger partial charge in [-0.05, 0) is 48.4 Å². The molecule has 0 radical (unpaired) electrons. The molecule has 8 heteroatoms. The van der Waals surface area contributed by atoms with Crippen molar-refractivity contribution >= 4 is 15.9 Å². The summed E-state index contributed by atoms with van der Waals surface area (Å²) in [5.41, 5.74) is 3.34. The average Bonchev–Trinajstić information content (AvgIpc) is 2.69. The second-order valence-corrected chi connectivity index (χ2v) is 7.45. The van der Waals surface area contributed by atoms with Crippen LogP contribution in [-0.4, -0.2) is 19.3 Å². The van der Waals surface area contributed by atoms with E-state index in [1.807, 2.05) is 4.83 Å². The summed E-state index contributed by atoms with van der Waals surface area (Å²) >= 11 is 0. The predicted molar refractivity (Wildman–Crippen MR) is 98.6 cm³/mol. The summed E-state index contributed by atoms with van der Waals surface area (Å²) in [6, 6.07) is 14.0. The fourth-order valence-electron chi connectivity index (χ4n) is 2.47. The number of pyridine rings is 1. The second-order valence-electron chi connectivity index (χ2n) is 5.77. The lowest BCUT2D eigenvalue weighted by atomic mass is 10.0. The third kappa shape index (κ3) is 4.18. The number of hydrazine groups is 1. The van der Waals surface area contributed by atoms with Crippen LogP contribution in [0.4, 0.5) is 4.39 Å². The van der Waals surface area contributed by atoms with Crippen molar-refractivity contribution in [2.24, 2.45) is 0 Å². The van der Waals surface area contributed by atoms with Crippen molar-refractivity contribution < 1.29 is 17.6 Å². The number of carbonyl (C=O) groups excluding carboxylic acids is 1. The van der Waals surface area contributed by atoms with Gasteiger partial charge in [-0.3, -0.25) is 15.2 Å². The van der Waals surface area contributed by atoms with Crippen molar-refractivity contribution in [3.8, 4) is 11.1 Å². The normalized spacial score (nSPS) is 11.2. The van der Waals surface area contributed by atoms with Gasteiger partial charge in [0, 0.05) is 18.0 Å². The maximum Gasteiger partial charge on any atom is 0.269 e. The Hall–Kier alpha value is -3.10. The highest BCUT2D eigenvalue weighted by Gasteiger charge is 2.19. The van der Waals surface area contributed by atoms with Crippen molar-refractivity contribution in [3.05, 3.63) is 83.9 Å². The van der Waals surface area contributed by atoms with Crippen molar-refractivity contribution in [1.82, 2.24) is 15.2 Å². The third-order valence-corrected chi connectivity index (χ3v) is 5.11. The standard InChI is InChI=1S/C19H16FN3O3S/c1-13-10-15(14-6-5-9-21-12-14)11-17(18(13)20)19(24)22-23-27(25,26)16-7-3-2-4-8-16/h2-12,23H,1H3,(H,22,24). The number of rotatable bonds is 5. The van der Waals surface area contributed by atoms with Crippen LogP contribution in [-0.2, 0) is 10.0 Å². The number of hydrogen-bond acceptors (Lipinski definition) is 4. The van der Waals surface area contributed by atoms with Gasteiger partial charge in [-0.15, -0.1) is 4.83 Å². The van der Waals surface area contributed by atoms with Crippen LogP contribution >= 0.6 is 0 Å². The molecular formula is C19H16FN3O3S. The van der Waals surface area contributed by atoms with E-state index in [9.17, 15) is 17.6 Å². The minimum atomic E-state index is -3.96. The van der Waals surface area contributed by atoms with Crippen LogP contribution in [0, 0.1) is 12.7 Å². The minimum Gasteiger partial charge on any atom is -0.273 e. The third-order valence-electron chi connectivity index (χ3n) is 3.85. The number of carbonyl (C=O) groups is 1. The van der Waals surface area contributed by atoms with Crippen LogP contribution in [0.2, 0.25) is 0 Å². The molecule has 1 aromatic heterocycles. The Kier molecular flexibility index (Phi) is 5.29. The molecule has 0 aliphatic carbocycles. The van der Waals surface area contributed by atoms with Crippen molar-refractivity contribution in [2.45, 2.75) is 11.8 Å². The van der Waals surface area contributed by atoms with E-state index in [0.29, 0.717) is 11.1 Å². The number of nitrogens with zero attached hydrogens (tertiary/aromatic N) is 1. The lowest BCUT2D eigenvalue weighted by molar-refractivity contribution is 0.0941. The van der Waals surface area contributed by atoms with Crippen LogP contribution in [0.15, 0.2) is 71.9 Å². The fraction of sp³-hybridized carbons (Fsp3) is 0.0526. The van der Waals surface area contributed by atoms with Gasteiger partial charge in [-0.1, -0.05) is 24.3 Å². The molecule has 3 aromatic rings. The highest BCUT2D eigenvalue weighted by molar-refractivity contribution is 7.89. The average molecular weight is 385 g/mol. The Balaban J connectivity index is 1.86. The number of sulfonamides is 1. The molecular weight excluding hydrogens is 369 g/mol. The van der Waals surface area contributed by atoms with Gasteiger partial charge in [0.2, 0.25) is 0 Å². The molecule has 6 nitrogen and oxygen atoms in total. The highest BCUT2D eigenvalue weighted by atomic mass is 32.2. The molecule has 2 aromatic carbocycles. The van der Waals surface area contributed by atoms with Gasteiger partial charge in [0.05, 0.1) is 10.5 Å². The zero-order valence-electron chi connectivity index (χ0n) is 14.3. The van der Waals surface area contributed by atoms with Gasteiger partial charge in [0.25, 0.3) is 15.9 Å². The van der Waals surface area contributed by atoms with E-state index < -0.39 is 21.7 Å². The molecule has 0 unspecified atom stereocenters. The van der Waals surface area contributed by atoms with E-state index in [0.717, 1.165) is 0 Å². The van der Waals surface area contributed by atoms with Gasteiger partial charge in [-0.25, -0.2) is 12.8 Å². The first-order valence-electron chi connectivity index (χ1n) is 7.96. The molecule has 27 heavy (non-hydrogen) atoms. The number of nitrogens with one attached hydrogen (secondary N) is 2. The monoisotopic (exact) mass is 385 g/mol. The highest BCUT2D eigenvalue weighted by Crippen LogP contribution is 2.24. The first kappa shape index (κ1) is 18.7. The van der Waals surface area contributed by atoms with E-state index in [1.165, 1.54) is 25.1 Å². The largest absolute Gasteiger partial charge is 0.273 e. The molecule has 0 aliphatic rings. The van der Waals surface area contributed by atoms with Crippen LogP contribution in [0.25, 0.3) is 11.1 Å². The maximum absolute atomic E-state index is 14.4. The topological polar surface area (TPSA) is 88.2 Å². The molecule has 0 spiro atoms. The molecule has 1 amide bonds. The zero-order chi connectivity index (χ0) is 19.4. The van der Waals surface area contributed by atoms with Gasteiger partial charge in [0.15, 0.2) is 0 Å². The Morgan fingerprint density at radius 2 is 1.78 bits per heavy atom. The van der Waals surface area contributed by atoms with Gasteiger partial charge < -0.3 is 0 Å². The number of benzene rings is 2. The van der Waals surface area contributed by atoms with Crippen LogP contribution in [0.1, 0.15) is 15.9 Å². The molecule has 138 valence electrons. The number of aromatic nitrogens is 1. The Bertz CT molecular complexity index is 1070. The van der Waals surface area contributed by atoms with E-state index in [2.05, 4.69) is 10.4 Å². The second kappa shape index (κ2) is 7.65. The molecule has 0 saturated heterocycles. The van der Waals surface area contributed by atoms with E-state index >= 15 is 0 Å². The molecule has 3 rings (SSSR count).